The molecule has 0 amide bonds. The fourth-order valence-corrected chi connectivity index (χ4v) is 3.80. The summed E-state index contributed by atoms with van der Waals surface area (Å²) in [5.74, 6) is 1.01. The lowest BCUT2D eigenvalue weighted by molar-refractivity contribution is 0.518. The third kappa shape index (κ3) is 2.04. The Bertz CT molecular complexity index is 470. The van der Waals surface area contributed by atoms with Crippen molar-refractivity contribution in [3.63, 3.8) is 0 Å². The van der Waals surface area contributed by atoms with Crippen molar-refractivity contribution in [1.82, 2.24) is 0 Å². The van der Waals surface area contributed by atoms with Gasteiger partial charge in [-0.05, 0) is 44.0 Å². The van der Waals surface area contributed by atoms with Crippen LogP contribution in [0.15, 0.2) is 22.8 Å². The van der Waals surface area contributed by atoms with Crippen molar-refractivity contribution in [1.29, 1.82) is 0 Å². The van der Waals surface area contributed by atoms with Gasteiger partial charge in [-0.1, -0.05) is 15.9 Å². The van der Waals surface area contributed by atoms with Crippen LogP contribution in [0.1, 0.15) is 31.5 Å². The quantitative estimate of drug-likeness (QED) is 0.726. The number of halogens is 1. The van der Waals surface area contributed by atoms with Gasteiger partial charge in [0.2, 0.25) is 0 Å². The van der Waals surface area contributed by atoms with E-state index in [0.29, 0.717) is 0 Å². The molecule has 2 aromatic rings. The summed E-state index contributed by atoms with van der Waals surface area (Å²) in [6.45, 7) is 6.35. The van der Waals surface area contributed by atoms with Crippen LogP contribution in [0.2, 0.25) is 0 Å². The molecule has 0 aliphatic rings. The van der Waals surface area contributed by atoms with Crippen LogP contribution in [0, 0.1) is 20.8 Å². The van der Waals surface area contributed by atoms with Crippen molar-refractivity contribution < 1.29 is 4.42 Å². The van der Waals surface area contributed by atoms with E-state index in [1.54, 1.807) is 6.26 Å². The van der Waals surface area contributed by atoms with Crippen molar-refractivity contribution in [2.75, 3.05) is 0 Å². The first kappa shape index (κ1) is 11.0. The van der Waals surface area contributed by atoms with E-state index in [-0.39, 0.29) is 4.83 Å². The van der Waals surface area contributed by atoms with E-state index in [4.69, 9.17) is 4.42 Å². The molecule has 2 heterocycles. The monoisotopic (exact) mass is 284 g/mol. The zero-order valence-electron chi connectivity index (χ0n) is 9.00. The van der Waals surface area contributed by atoms with Crippen molar-refractivity contribution >= 4 is 27.3 Å². The lowest BCUT2D eigenvalue weighted by atomic mass is 10.1. The molecule has 0 saturated carbocycles. The summed E-state index contributed by atoms with van der Waals surface area (Å²) in [4.78, 5) is 2.87. The fraction of sp³-hybridized carbons (Fsp3) is 0.333. The number of hydrogen-bond donors (Lipinski definition) is 0. The van der Waals surface area contributed by atoms with E-state index in [2.05, 4.69) is 42.8 Å². The Labute approximate surface area is 102 Å². The fourth-order valence-electron chi connectivity index (χ4n) is 1.67. The minimum Gasteiger partial charge on any atom is -0.467 e. The molecule has 0 aliphatic carbocycles. The summed E-state index contributed by atoms with van der Waals surface area (Å²) < 4.78 is 5.50. The van der Waals surface area contributed by atoms with E-state index < -0.39 is 0 Å². The van der Waals surface area contributed by atoms with Crippen molar-refractivity contribution in [3.8, 4) is 0 Å². The van der Waals surface area contributed by atoms with E-state index in [1.807, 2.05) is 17.4 Å². The van der Waals surface area contributed by atoms with Gasteiger partial charge in [-0.25, -0.2) is 0 Å². The first-order chi connectivity index (χ1) is 7.09. The zero-order valence-corrected chi connectivity index (χ0v) is 11.4. The Balaban J connectivity index is 2.40. The van der Waals surface area contributed by atoms with E-state index in [9.17, 15) is 0 Å². The van der Waals surface area contributed by atoms with Gasteiger partial charge in [0.05, 0.1) is 6.26 Å². The van der Waals surface area contributed by atoms with Crippen molar-refractivity contribution in [2.24, 2.45) is 0 Å². The maximum Gasteiger partial charge on any atom is 0.125 e. The molecule has 2 rings (SSSR count). The Hall–Kier alpha value is -0.540. The summed E-state index contributed by atoms with van der Waals surface area (Å²) in [7, 11) is 0. The van der Waals surface area contributed by atoms with Crippen LogP contribution in [-0.2, 0) is 0 Å². The maximum absolute atomic E-state index is 5.50. The first-order valence-corrected chi connectivity index (χ1v) is 6.58. The second-order valence-corrected chi connectivity index (χ2v) is 5.94. The predicted molar refractivity (Wildman–Crippen MR) is 68.0 cm³/mol. The van der Waals surface area contributed by atoms with Crippen LogP contribution >= 0.6 is 27.3 Å². The van der Waals surface area contributed by atoms with Gasteiger partial charge in [0, 0.05) is 9.75 Å². The Morgan fingerprint density at radius 2 is 2.00 bits per heavy atom. The molecule has 15 heavy (non-hydrogen) atoms. The Morgan fingerprint density at radius 1 is 1.27 bits per heavy atom. The molecule has 0 bridgehead atoms. The highest BCUT2D eigenvalue weighted by Gasteiger charge is 2.19. The highest BCUT2D eigenvalue weighted by atomic mass is 79.9. The Morgan fingerprint density at radius 3 is 2.47 bits per heavy atom. The molecular formula is C12H13BrOS. The number of hydrogen-bond acceptors (Lipinski definition) is 2. The lowest BCUT2D eigenvalue weighted by Gasteiger charge is -2.07. The summed E-state index contributed by atoms with van der Waals surface area (Å²) >= 11 is 5.53. The molecule has 0 saturated heterocycles. The molecule has 2 aromatic heterocycles. The lowest BCUT2D eigenvalue weighted by Crippen LogP contribution is -1.91. The van der Waals surface area contributed by atoms with Crippen LogP contribution in [0.3, 0.4) is 0 Å². The molecular weight excluding hydrogens is 272 g/mol. The van der Waals surface area contributed by atoms with Gasteiger partial charge in [-0.3, -0.25) is 0 Å². The first-order valence-electron chi connectivity index (χ1n) is 4.84. The van der Waals surface area contributed by atoms with Crippen LogP contribution in [0.25, 0.3) is 0 Å². The van der Waals surface area contributed by atoms with Crippen LogP contribution in [-0.4, -0.2) is 0 Å². The number of rotatable bonds is 2. The molecule has 0 spiro atoms. The summed E-state index contributed by atoms with van der Waals surface area (Å²) in [5.41, 5.74) is 2.53. The van der Waals surface area contributed by atoms with Gasteiger partial charge in [0.25, 0.3) is 0 Å². The SMILES string of the molecule is Cc1cc(C)c(C(Br)c2occc2C)s1. The van der Waals surface area contributed by atoms with Gasteiger partial charge in [0.1, 0.15) is 10.6 Å². The van der Waals surface area contributed by atoms with Gasteiger partial charge in [-0.15, -0.1) is 11.3 Å². The van der Waals surface area contributed by atoms with Gasteiger partial charge in [0.15, 0.2) is 0 Å². The maximum atomic E-state index is 5.50. The van der Waals surface area contributed by atoms with Crippen LogP contribution in [0.4, 0.5) is 0 Å². The van der Waals surface area contributed by atoms with Gasteiger partial charge < -0.3 is 4.42 Å². The summed E-state index contributed by atoms with van der Waals surface area (Å²) in [6.07, 6.45) is 1.74. The molecule has 0 aliphatic heterocycles. The summed E-state index contributed by atoms with van der Waals surface area (Å²) in [6, 6.07) is 4.21. The average Bonchev–Trinajstić information content (AvgIpc) is 2.71. The highest BCUT2D eigenvalue weighted by Crippen LogP contribution is 2.39. The average molecular weight is 285 g/mol. The predicted octanol–water partition coefficient (Wildman–Crippen LogP) is 4.75. The number of aryl methyl sites for hydroxylation is 3. The number of alkyl halides is 1. The minimum atomic E-state index is 0.186. The molecule has 3 heteroatoms. The third-order valence-corrected chi connectivity index (χ3v) is 4.84. The minimum absolute atomic E-state index is 0.186. The molecule has 0 radical (unpaired) electrons. The van der Waals surface area contributed by atoms with Gasteiger partial charge in [-0.2, -0.15) is 0 Å². The molecule has 0 aromatic carbocycles. The second kappa shape index (κ2) is 4.14. The van der Waals surface area contributed by atoms with Crippen molar-refractivity contribution in [3.05, 3.63) is 45.0 Å². The topological polar surface area (TPSA) is 13.1 Å². The second-order valence-electron chi connectivity index (χ2n) is 3.73. The van der Waals surface area contributed by atoms with Crippen LogP contribution < -0.4 is 0 Å². The smallest absolute Gasteiger partial charge is 0.125 e. The molecule has 0 fully saturated rings. The highest BCUT2D eigenvalue weighted by molar-refractivity contribution is 9.09. The normalized spacial score (nSPS) is 13.1. The summed E-state index contributed by atoms with van der Waals surface area (Å²) in [5, 5.41) is 0. The largest absolute Gasteiger partial charge is 0.467 e. The number of furan rings is 1. The standard InChI is InChI=1S/C12H13BrOS/c1-7-4-5-14-11(7)10(13)12-8(2)6-9(3)15-12/h4-6,10H,1-3H3. The van der Waals surface area contributed by atoms with E-state index in [1.165, 1.54) is 20.9 Å². The van der Waals surface area contributed by atoms with E-state index in [0.717, 1.165) is 5.76 Å². The van der Waals surface area contributed by atoms with Crippen molar-refractivity contribution in [2.45, 2.75) is 25.6 Å². The molecule has 1 unspecified atom stereocenters. The molecule has 1 atom stereocenters. The Kier molecular flexibility index (Phi) is 3.03. The van der Waals surface area contributed by atoms with Crippen LogP contribution in [0.5, 0.6) is 0 Å². The molecule has 80 valence electrons. The molecule has 0 N–H and O–H groups in total. The molecule has 1 nitrogen and oxygen atoms in total. The zero-order chi connectivity index (χ0) is 11.0. The third-order valence-electron chi connectivity index (χ3n) is 2.44. The van der Waals surface area contributed by atoms with E-state index >= 15 is 0 Å². The van der Waals surface area contributed by atoms with Gasteiger partial charge >= 0.3 is 0 Å². The number of thiophene rings is 1.